The number of nitrogens with zero attached hydrogens (tertiary/aromatic N) is 2. The van der Waals surface area contributed by atoms with Crippen molar-refractivity contribution in [2.45, 2.75) is 24.7 Å². The molecule has 1 saturated carbocycles. The fourth-order valence-corrected chi connectivity index (χ4v) is 3.84. The molecule has 1 N–H and O–H groups in total. The number of nitrogens with one attached hydrogen (secondary N) is 1. The van der Waals surface area contributed by atoms with E-state index in [2.05, 4.69) is 15.2 Å². The first-order valence-electron chi connectivity index (χ1n) is 9.04. The van der Waals surface area contributed by atoms with Gasteiger partial charge in [-0.2, -0.15) is 0 Å². The first kappa shape index (κ1) is 17.3. The number of aromatic nitrogens is 1. The second kappa shape index (κ2) is 7.25. The maximum absolute atomic E-state index is 13.0. The molecule has 1 aliphatic carbocycles. The van der Waals surface area contributed by atoms with Crippen molar-refractivity contribution < 1.29 is 9.53 Å². The number of rotatable bonds is 4. The van der Waals surface area contributed by atoms with Crippen LogP contribution in [0.3, 0.4) is 0 Å². The van der Waals surface area contributed by atoms with Gasteiger partial charge >= 0.3 is 0 Å². The predicted octanol–water partition coefficient (Wildman–Crippen LogP) is 3.63. The Bertz CT molecular complexity index is 784. The fraction of sp³-hybridized carbons (Fsp3) is 0.400. The Hall–Kier alpha value is -2.11. The lowest BCUT2D eigenvalue weighted by atomic mass is 9.64. The number of carbonyl (C=O) groups is 1. The Morgan fingerprint density at radius 2 is 2.00 bits per heavy atom. The highest BCUT2D eigenvalue weighted by molar-refractivity contribution is 6.30. The lowest BCUT2D eigenvalue weighted by molar-refractivity contribution is -0.124. The summed E-state index contributed by atoms with van der Waals surface area (Å²) in [5.41, 5.74) is 1.24. The first-order valence-corrected chi connectivity index (χ1v) is 9.41. The minimum absolute atomic E-state index is 0.0203. The van der Waals surface area contributed by atoms with E-state index in [9.17, 15) is 4.79 Å². The largest absolute Gasteiger partial charge is 0.378 e. The molecular formula is C20H22ClN3O2. The molecule has 2 aromatic rings. The van der Waals surface area contributed by atoms with Gasteiger partial charge in [-0.05, 0) is 42.7 Å². The molecule has 1 aromatic heterocycles. The SMILES string of the molecule is O=C(Nc1ccc(N2CCOCC2)nc1)C1(c2cccc(Cl)c2)CCC1. The van der Waals surface area contributed by atoms with Crippen LogP contribution in [0.2, 0.25) is 5.02 Å². The van der Waals surface area contributed by atoms with Crippen LogP contribution in [0.4, 0.5) is 11.5 Å². The van der Waals surface area contributed by atoms with Crippen molar-refractivity contribution in [2.24, 2.45) is 0 Å². The van der Waals surface area contributed by atoms with Gasteiger partial charge in [-0.15, -0.1) is 0 Å². The summed E-state index contributed by atoms with van der Waals surface area (Å²) in [5.74, 6) is 0.937. The van der Waals surface area contributed by atoms with Gasteiger partial charge < -0.3 is 15.0 Å². The summed E-state index contributed by atoms with van der Waals surface area (Å²) >= 11 is 6.13. The summed E-state index contributed by atoms with van der Waals surface area (Å²) in [5, 5.41) is 3.71. The van der Waals surface area contributed by atoms with Crippen LogP contribution in [0.5, 0.6) is 0 Å². The lowest BCUT2D eigenvalue weighted by Crippen LogP contribution is -2.46. The molecule has 1 aromatic carbocycles. The minimum atomic E-state index is -0.478. The Morgan fingerprint density at radius 1 is 1.19 bits per heavy atom. The minimum Gasteiger partial charge on any atom is -0.378 e. The molecule has 2 fully saturated rings. The average molecular weight is 372 g/mol. The number of hydrogen-bond donors (Lipinski definition) is 1. The van der Waals surface area contributed by atoms with Crippen LogP contribution in [0.25, 0.3) is 0 Å². The van der Waals surface area contributed by atoms with E-state index in [1.54, 1.807) is 6.20 Å². The van der Waals surface area contributed by atoms with E-state index in [4.69, 9.17) is 16.3 Å². The molecule has 4 rings (SSSR count). The fourth-order valence-electron chi connectivity index (χ4n) is 3.65. The van der Waals surface area contributed by atoms with E-state index >= 15 is 0 Å². The lowest BCUT2D eigenvalue weighted by Gasteiger charge is -2.40. The third-order valence-electron chi connectivity index (χ3n) is 5.36. The maximum atomic E-state index is 13.0. The normalized spacial score (nSPS) is 18.9. The van der Waals surface area contributed by atoms with Gasteiger partial charge in [0.05, 0.1) is 30.5 Å². The summed E-state index contributed by atoms with van der Waals surface area (Å²) in [7, 11) is 0. The van der Waals surface area contributed by atoms with Gasteiger partial charge in [0.15, 0.2) is 0 Å². The summed E-state index contributed by atoms with van der Waals surface area (Å²) in [6.45, 7) is 3.14. The quantitative estimate of drug-likeness (QED) is 0.891. The van der Waals surface area contributed by atoms with E-state index < -0.39 is 5.41 Å². The Morgan fingerprint density at radius 3 is 2.62 bits per heavy atom. The van der Waals surface area contributed by atoms with Crippen LogP contribution < -0.4 is 10.2 Å². The van der Waals surface area contributed by atoms with E-state index in [-0.39, 0.29) is 5.91 Å². The van der Waals surface area contributed by atoms with E-state index in [1.807, 2.05) is 36.4 Å². The van der Waals surface area contributed by atoms with Crippen molar-refractivity contribution in [3.8, 4) is 0 Å². The number of morpholine rings is 1. The van der Waals surface area contributed by atoms with Crippen molar-refractivity contribution in [3.63, 3.8) is 0 Å². The number of pyridine rings is 1. The Balaban J connectivity index is 1.48. The van der Waals surface area contributed by atoms with Crippen molar-refractivity contribution in [2.75, 3.05) is 36.5 Å². The molecule has 0 atom stereocenters. The second-order valence-corrected chi connectivity index (χ2v) is 7.34. The number of amides is 1. The van der Waals surface area contributed by atoms with Crippen LogP contribution in [-0.4, -0.2) is 37.2 Å². The zero-order chi connectivity index (χ0) is 18.0. The zero-order valence-electron chi connectivity index (χ0n) is 14.6. The highest BCUT2D eigenvalue weighted by Gasteiger charge is 2.45. The Kier molecular flexibility index (Phi) is 4.83. The zero-order valence-corrected chi connectivity index (χ0v) is 15.3. The van der Waals surface area contributed by atoms with Crippen LogP contribution in [-0.2, 0) is 14.9 Å². The Labute approximate surface area is 158 Å². The molecule has 136 valence electrons. The number of benzene rings is 1. The summed E-state index contributed by atoms with van der Waals surface area (Å²) in [6.07, 6.45) is 4.47. The van der Waals surface area contributed by atoms with Crippen LogP contribution >= 0.6 is 11.6 Å². The van der Waals surface area contributed by atoms with Gasteiger partial charge in [-0.1, -0.05) is 30.2 Å². The van der Waals surface area contributed by atoms with Gasteiger partial charge in [0, 0.05) is 18.1 Å². The number of hydrogen-bond acceptors (Lipinski definition) is 4. The predicted molar refractivity (Wildman–Crippen MR) is 103 cm³/mol. The molecule has 5 nitrogen and oxygen atoms in total. The molecule has 0 radical (unpaired) electrons. The molecule has 0 unspecified atom stereocenters. The van der Waals surface area contributed by atoms with Crippen molar-refractivity contribution in [1.82, 2.24) is 4.98 Å². The summed E-state index contributed by atoms with van der Waals surface area (Å²) in [4.78, 5) is 19.7. The third-order valence-corrected chi connectivity index (χ3v) is 5.59. The van der Waals surface area contributed by atoms with Crippen LogP contribution in [0, 0.1) is 0 Å². The molecule has 6 heteroatoms. The molecule has 1 saturated heterocycles. The van der Waals surface area contributed by atoms with Crippen molar-refractivity contribution in [3.05, 3.63) is 53.2 Å². The topological polar surface area (TPSA) is 54.5 Å². The number of ether oxygens (including phenoxy) is 1. The van der Waals surface area contributed by atoms with E-state index in [0.29, 0.717) is 5.02 Å². The third kappa shape index (κ3) is 3.29. The van der Waals surface area contributed by atoms with Gasteiger partial charge in [-0.25, -0.2) is 4.98 Å². The number of halogens is 1. The smallest absolute Gasteiger partial charge is 0.235 e. The molecular weight excluding hydrogens is 350 g/mol. The summed E-state index contributed by atoms with van der Waals surface area (Å²) < 4.78 is 5.37. The van der Waals surface area contributed by atoms with E-state index in [1.165, 1.54) is 0 Å². The van der Waals surface area contributed by atoms with Gasteiger partial charge in [0.25, 0.3) is 0 Å². The summed E-state index contributed by atoms with van der Waals surface area (Å²) in [6, 6.07) is 11.5. The molecule has 26 heavy (non-hydrogen) atoms. The van der Waals surface area contributed by atoms with Gasteiger partial charge in [-0.3, -0.25) is 4.79 Å². The van der Waals surface area contributed by atoms with Gasteiger partial charge in [0.2, 0.25) is 5.91 Å². The standard InChI is InChI=1S/C20H22ClN3O2/c21-16-4-1-3-15(13-16)20(7-2-8-20)19(25)23-17-5-6-18(22-14-17)24-9-11-26-12-10-24/h1,3-6,13-14H,2,7-12H2,(H,23,25). The van der Waals surface area contributed by atoms with Crippen molar-refractivity contribution in [1.29, 1.82) is 0 Å². The monoisotopic (exact) mass is 371 g/mol. The molecule has 2 heterocycles. The van der Waals surface area contributed by atoms with Crippen LogP contribution in [0.15, 0.2) is 42.6 Å². The molecule has 0 bridgehead atoms. The highest BCUT2D eigenvalue weighted by Crippen LogP contribution is 2.45. The number of carbonyl (C=O) groups excluding carboxylic acids is 1. The van der Waals surface area contributed by atoms with E-state index in [0.717, 1.165) is 62.6 Å². The average Bonchev–Trinajstić information content (AvgIpc) is 2.62. The van der Waals surface area contributed by atoms with Crippen LogP contribution in [0.1, 0.15) is 24.8 Å². The molecule has 2 aliphatic rings. The molecule has 1 aliphatic heterocycles. The van der Waals surface area contributed by atoms with Gasteiger partial charge in [0.1, 0.15) is 5.82 Å². The highest BCUT2D eigenvalue weighted by atomic mass is 35.5. The first-order chi connectivity index (χ1) is 12.7. The number of anilines is 2. The molecule has 0 spiro atoms. The molecule has 1 amide bonds. The maximum Gasteiger partial charge on any atom is 0.235 e. The second-order valence-electron chi connectivity index (χ2n) is 6.90. The van der Waals surface area contributed by atoms with Crippen molar-refractivity contribution >= 4 is 29.0 Å².